The zero-order valence-electron chi connectivity index (χ0n) is 12.1. The second kappa shape index (κ2) is 5.68. The lowest BCUT2D eigenvalue weighted by atomic mass is 9.87. The molecule has 2 rings (SSSR count). The van der Waals surface area contributed by atoms with E-state index in [1.165, 1.54) is 0 Å². The van der Waals surface area contributed by atoms with Crippen molar-refractivity contribution in [3.05, 3.63) is 29.8 Å². The number of aryl methyl sites for hydroxylation is 1. The number of piperidine rings is 1. The van der Waals surface area contributed by atoms with E-state index >= 15 is 0 Å². The average Bonchev–Trinajstić information content (AvgIpc) is 2.38. The molecule has 1 heterocycles. The Morgan fingerprint density at radius 1 is 1.35 bits per heavy atom. The van der Waals surface area contributed by atoms with E-state index in [9.17, 15) is 9.59 Å². The van der Waals surface area contributed by atoms with Gasteiger partial charge >= 0.3 is 0 Å². The van der Waals surface area contributed by atoms with Gasteiger partial charge in [-0.25, -0.2) is 0 Å². The molecule has 4 heteroatoms. The van der Waals surface area contributed by atoms with Crippen molar-refractivity contribution in [2.75, 3.05) is 11.4 Å². The molecule has 0 radical (unpaired) electrons. The van der Waals surface area contributed by atoms with Gasteiger partial charge in [0.2, 0.25) is 5.91 Å². The van der Waals surface area contributed by atoms with Gasteiger partial charge in [0.1, 0.15) is 0 Å². The third-order valence-corrected chi connectivity index (χ3v) is 4.14. The van der Waals surface area contributed by atoms with Crippen molar-refractivity contribution in [2.24, 2.45) is 5.92 Å². The lowest BCUT2D eigenvalue weighted by Gasteiger charge is -2.34. The molecule has 1 aliphatic rings. The maximum atomic E-state index is 12.7. The number of anilines is 1. The fraction of sp³-hybridized carbons (Fsp3) is 0.500. The van der Waals surface area contributed by atoms with Crippen molar-refractivity contribution in [1.82, 2.24) is 0 Å². The Morgan fingerprint density at radius 2 is 2.00 bits per heavy atom. The molecule has 1 saturated heterocycles. The highest BCUT2D eigenvalue weighted by molar-refractivity contribution is 9.10. The van der Waals surface area contributed by atoms with Crippen LogP contribution in [0, 0.1) is 12.8 Å². The smallest absolute Gasteiger partial charge is 0.237 e. The molecule has 1 aliphatic heterocycles. The molecule has 0 aliphatic carbocycles. The molecule has 0 spiro atoms. The molecule has 0 aromatic heterocycles. The molecular weight excluding hydrogens is 318 g/mol. The largest absolute Gasteiger partial charge is 0.312 e. The van der Waals surface area contributed by atoms with Crippen LogP contribution < -0.4 is 4.90 Å². The number of alkyl halides is 1. The minimum absolute atomic E-state index is 0.0271. The van der Waals surface area contributed by atoms with Crippen LogP contribution in [0.1, 0.15) is 32.3 Å². The van der Waals surface area contributed by atoms with Crippen LogP contribution in [0.4, 0.5) is 5.69 Å². The van der Waals surface area contributed by atoms with Gasteiger partial charge in [-0.3, -0.25) is 9.59 Å². The highest BCUT2D eigenvalue weighted by Crippen LogP contribution is 2.31. The number of carbonyl (C=O) groups is 2. The Kier molecular flexibility index (Phi) is 4.33. The Bertz CT molecular complexity index is 534. The third-order valence-electron chi connectivity index (χ3n) is 3.75. The number of hydrogen-bond acceptors (Lipinski definition) is 2. The maximum absolute atomic E-state index is 12.7. The SMILES string of the molecule is Cc1ccccc1N1CCCC(C(=O)C(C)(C)Br)C1=O. The summed E-state index contributed by atoms with van der Waals surface area (Å²) >= 11 is 3.38. The number of nitrogens with zero attached hydrogens (tertiary/aromatic N) is 1. The molecule has 1 amide bonds. The number of benzene rings is 1. The van der Waals surface area contributed by atoms with Crippen molar-refractivity contribution in [1.29, 1.82) is 0 Å². The number of Topliss-reactive ketones (excluding diaryl/α,β-unsaturated/α-hetero) is 1. The zero-order chi connectivity index (χ0) is 14.9. The molecular formula is C16H20BrNO2. The average molecular weight is 338 g/mol. The minimum Gasteiger partial charge on any atom is -0.312 e. The molecule has 1 aromatic carbocycles. The first-order valence-corrected chi connectivity index (χ1v) is 7.72. The number of halogens is 1. The summed E-state index contributed by atoms with van der Waals surface area (Å²) in [5.41, 5.74) is 1.98. The van der Waals surface area contributed by atoms with Crippen LogP contribution >= 0.6 is 15.9 Å². The summed E-state index contributed by atoms with van der Waals surface area (Å²) in [5.74, 6) is -0.624. The highest BCUT2D eigenvalue weighted by Gasteiger charge is 2.40. The first-order valence-electron chi connectivity index (χ1n) is 6.92. The van der Waals surface area contributed by atoms with Crippen molar-refractivity contribution in [3.8, 4) is 0 Å². The van der Waals surface area contributed by atoms with E-state index in [4.69, 9.17) is 0 Å². The van der Waals surface area contributed by atoms with Crippen LogP contribution in [0.2, 0.25) is 0 Å². The van der Waals surface area contributed by atoms with Crippen LogP contribution in [-0.2, 0) is 9.59 Å². The van der Waals surface area contributed by atoms with E-state index in [0.29, 0.717) is 13.0 Å². The fourth-order valence-corrected chi connectivity index (χ4v) is 2.91. The third kappa shape index (κ3) is 2.95. The van der Waals surface area contributed by atoms with E-state index in [2.05, 4.69) is 15.9 Å². The topological polar surface area (TPSA) is 37.4 Å². The quantitative estimate of drug-likeness (QED) is 0.625. The van der Waals surface area contributed by atoms with E-state index in [-0.39, 0.29) is 11.7 Å². The molecule has 20 heavy (non-hydrogen) atoms. The normalized spacial score (nSPS) is 20.1. The second-order valence-electron chi connectivity index (χ2n) is 5.81. The maximum Gasteiger partial charge on any atom is 0.237 e. The molecule has 1 unspecified atom stereocenters. The van der Waals surface area contributed by atoms with Gasteiger partial charge < -0.3 is 4.90 Å². The summed E-state index contributed by atoms with van der Waals surface area (Å²) in [6, 6.07) is 7.81. The lowest BCUT2D eigenvalue weighted by Crippen LogP contribution is -2.48. The number of para-hydroxylation sites is 1. The van der Waals surface area contributed by atoms with Crippen molar-refractivity contribution in [2.45, 2.75) is 37.9 Å². The Balaban J connectivity index is 2.28. The summed E-state index contributed by atoms with van der Waals surface area (Å²) in [4.78, 5) is 26.8. The van der Waals surface area contributed by atoms with E-state index < -0.39 is 10.2 Å². The summed E-state index contributed by atoms with van der Waals surface area (Å²) in [6.07, 6.45) is 1.51. The number of hydrogen-bond donors (Lipinski definition) is 0. The summed E-state index contributed by atoms with van der Waals surface area (Å²) in [5, 5.41) is 0. The second-order valence-corrected chi connectivity index (χ2v) is 7.79. The van der Waals surface area contributed by atoms with E-state index in [1.54, 1.807) is 18.7 Å². The Labute approximate surface area is 128 Å². The van der Waals surface area contributed by atoms with Gasteiger partial charge in [-0.15, -0.1) is 0 Å². The predicted octanol–water partition coefficient (Wildman–Crippen LogP) is 3.48. The monoisotopic (exact) mass is 337 g/mol. The predicted molar refractivity (Wildman–Crippen MR) is 84.3 cm³/mol. The van der Waals surface area contributed by atoms with Crippen LogP contribution in [0.15, 0.2) is 24.3 Å². The molecule has 108 valence electrons. The van der Waals surface area contributed by atoms with Crippen LogP contribution in [0.3, 0.4) is 0 Å². The van der Waals surface area contributed by atoms with Crippen LogP contribution in [-0.4, -0.2) is 22.6 Å². The zero-order valence-corrected chi connectivity index (χ0v) is 13.7. The van der Waals surface area contributed by atoms with Gasteiger partial charge in [0.15, 0.2) is 5.78 Å². The lowest BCUT2D eigenvalue weighted by molar-refractivity contribution is -0.134. The first-order chi connectivity index (χ1) is 9.32. The molecule has 0 N–H and O–H groups in total. The molecule has 0 bridgehead atoms. The van der Waals surface area contributed by atoms with Gasteiger partial charge in [0.05, 0.1) is 10.2 Å². The fourth-order valence-electron chi connectivity index (χ4n) is 2.64. The number of amides is 1. The van der Waals surface area contributed by atoms with Crippen LogP contribution in [0.25, 0.3) is 0 Å². The Morgan fingerprint density at radius 3 is 2.60 bits per heavy atom. The van der Waals surface area contributed by atoms with Crippen molar-refractivity contribution in [3.63, 3.8) is 0 Å². The van der Waals surface area contributed by atoms with E-state index in [0.717, 1.165) is 17.7 Å². The molecule has 0 saturated carbocycles. The van der Waals surface area contributed by atoms with Crippen molar-refractivity contribution < 1.29 is 9.59 Å². The standard InChI is InChI=1S/C16H20BrNO2/c1-11-7-4-5-9-13(11)18-10-6-8-12(15(18)20)14(19)16(2,3)17/h4-5,7,9,12H,6,8,10H2,1-3H3. The molecule has 1 aromatic rings. The molecule has 1 atom stereocenters. The van der Waals surface area contributed by atoms with Gasteiger partial charge in [0, 0.05) is 12.2 Å². The van der Waals surface area contributed by atoms with Gasteiger partial charge in [-0.05, 0) is 45.2 Å². The van der Waals surface area contributed by atoms with Gasteiger partial charge in [-0.2, -0.15) is 0 Å². The molecule has 3 nitrogen and oxygen atoms in total. The number of ketones is 1. The van der Waals surface area contributed by atoms with E-state index in [1.807, 2.05) is 31.2 Å². The molecule has 1 fully saturated rings. The van der Waals surface area contributed by atoms with Gasteiger partial charge in [0.25, 0.3) is 0 Å². The first kappa shape index (κ1) is 15.2. The van der Waals surface area contributed by atoms with Gasteiger partial charge in [-0.1, -0.05) is 34.1 Å². The number of rotatable bonds is 3. The minimum atomic E-state index is -0.651. The van der Waals surface area contributed by atoms with Crippen molar-refractivity contribution >= 4 is 33.3 Å². The summed E-state index contributed by atoms with van der Waals surface area (Å²) in [6.45, 7) is 6.28. The summed E-state index contributed by atoms with van der Waals surface area (Å²) in [7, 11) is 0. The summed E-state index contributed by atoms with van der Waals surface area (Å²) < 4.78 is -0.651. The Hall–Kier alpha value is -1.16. The highest BCUT2D eigenvalue weighted by atomic mass is 79.9. The number of carbonyl (C=O) groups excluding carboxylic acids is 2. The van der Waals surface area contributed by atoms with Crippen LogP contribution in [0.5, 0.6) is 0 Å².